The van der Waals surface area contributed by atoms with Gasteiger partial charge in [0.15, 0.2) is 5.78 Å². The molecule has 0 radical (unpaired) electrons. The molecule has 0 spiro atoms. The van der Waals surface area contributed by atoms with Gasteiger partial charge in [-0.3, -0.25) is 9.59 Å². The lowest BCUT2D eigenvalue weighted by molar-refractivity contribution is -0.144. The Morgan fingerprint density at radius 2 is 1.74 bits per heavy atom. The molecule has 0 heterocycles. The molecule has 3 nitrogen and oxygen atoms in total. The highest BCUT2D eigenvalue weighted by Gasteiger charge is 2.34. The summed E-state index contributed by atoms with van der Waals surface area (Å²) in [5.74, 6) is -0.679. The summed E-state index contributed by atoms with van der Waals surface area (Å²) < 4.78 is 4.96. The van der Waals surface area contributed by atoms with Crippen molar-refractivity contribution in [1.29, 1.82) is 0 Å². The summed E-state index contributed by atoms with van der Waals surface area (Å²) in [7, 11) is 0. The van der Waals surface area contributed by atoms with Crippen molar-refractivity contribution < 1.29 is 14.3 Å². The molecule has 104 valence electrons. The van der Waals surface area contributed by atoms with Crippen LogP contribution < -0.4 is 0 Å². The Morgan fingerprint density at radius 1 is 1.16 bits per heavy atom. The molecule has 1 rings (SSSR count). The highest BCUT2D eigenvalue weighted by atomic mass is 16.5. The SMILES string of the molecule is CCOC(=O)CC(C(=O)c1ccccc1)C(C)(C)C. The molecule has 1 atom stereocenters. The minimum Gasteiger partial charge on any atom is -0.466 e. The van der Waals surface area contributed by atoms with Gasteiger partial charge in [0.05, 0.1) is 13.0 Å². The van der Waals surface area contributed by atoms with E-state index in [0.29, 0.717) is 12.2 Å². The third-order valence-corrected chi connectivity index (χ3v) is 3.10. The van der Waals surface area contributed by atoms with Gasteiger partial charge in [-0.1, -0.05) is 51.1 Å². The van der Waals surface area contributed by atoms with Crippen molar-refractivity contribution in [2.75, 3.05) is 6.61 Å². The van der Waals surface area contributed by atoms with Crippen LogP contribution >= 0.6 is 0 Å². The van der Waals surface area contributed by atoms with Gasteiger partial charge in [-0.15, -0.1) is 0 Å². The van der Waals surface area contributed by atoms with E-state index in [4.69, 9.17) is 4.74 Å². The van der Waals surface area contributed by atoms with Crippen LogP contribution in [0, 0.1) is 11.3 Å². The molecule has 0 amide bonds. The standard InChI is InChI=1S/C16H22O3/c1-5-19-14(17)11-13(16(2,3)4)15(18)12-9-7-6-8-10-12/h6-10,13H,5,11H2,1-4H3. The lowest BCUT2D eigenvalue weighted by Crippen LogP contribution is -2.31. The number of hydrogen-bond donors (Lipinski definition) is 0. The number of esters is 1. The van der Waals surface area contributed by atoms with Gasteiger partial charge in [0.25, 0.3) is 0 Å². The second kappa shape index (κ2) is 6.50. The molecule has 1 unspecified atom stereocenters. The average molecular weight is 262 g/mol. The minimum atomic E-state index is -0.367. The quantitative estimate of drug-likeness (QED) is 0.602. The van der Waals surface area contributed by atoms with Crippen LogP contribution in [-0.4, -0.2) is 18.4 Å². The summed E-state index contributed by atoms with van der Waals surface area (Å²) in [5, 5.41) is 0. The average Bonchev–Trinajstić information content (AvgIpc) is 2.35. The predicted molar refractivity (Wildman–Crippen MR) is 75.0 cm³/mol. The Bertz CT molecular complexity index is 429. The first-order valence-corrected chi connectivity index (χ1v) is 6.61. The molecule has 0 aliphatic heterocycles. The van der Waals surface area contributed by atoms with E-state index in [2.05, 4.69) is 0 Å². The Balaban J connectivity index is 2.92. The number of carbonyl (C=O) groups excluding carboxylic acids is 2. The number of Topliss-reactive ketones (excluding diaryl/α,β-unsaturated/α-hetero) is 1. The fourth-order valence-corrected chi connectivity index (χ4v) is 1.98. The van der Waals surface area contributed by atoms with Crippen LogP contribution in [0.3, 0.4) is 0 Å². The van der Waals surface area contributed by atoms with Crippen LogP contribution in [0.5, 0.6) is 0 Å². The summed E-state index contributed by atoms with van der Waals surface area (Å²) in [6, 6.07) is 9.10. The van der Waals surface area contributed by atoms with Crippen LogP contribution in [-0.2, 0) is 9.53 Å². The molecule has 1 aromatic rings. The summed E-state index contributed by atoms with van der Waals surface area (Å²) in [6.45, 7) is 8.02. The van der Waals surface area contributed by atoms with Crippen LogP contribution in [0.25, 0.3) is 0 Å². The molecule has 0 bridgehead atoms. The van der Waals surface area contributed by atoms with E-state index < -0.39 is 0 Å². The van der Waals surface area contributed by atoms with Gasteiger partial charge < -0.3 is 4.74 Å². The molecule has 19 heavy (non-hydrogen) atoms. The highest BCUT2D eigenvalue weighted by Crippen LogP contribution is 2.32. The molecule has 1 aromatic carbocycles. The van der Waals surface area contributed by atoms with Crippen molar-refractivity contribution in [2.45, 2.75) is 34.1 Å². The number of benzene rings is 1. The minimum absolute atomic E-state index is 0.00107. The number of rotatable bonds is 5. The summed E-state index contributed by atoms with van der Waals surface area (Å²) in [4.78, 5) is 24.2. The van der Waals surface area contributed by atoms with Crippen molar-refractivity contribution in [3.63, 3.8) is 0 Å². The lowest BCUT2D eigenvalue weighted by atomic mass is 9.74. The Labute approximate surface area is 115 Å². The maximum atomic E-state index is 12.5. The smallest absolute Gasteiger partial charge is 0.306 e. The summed E-state index contributed by atoms with van der Waals surface area (Å²) in [5.41, 5.74) is 0.367. The molecule has 0 aromatic heterocycles. The van der Waals surface area contributed by atoms with Gasteiger partial charge >= 0.3 is 5.97 Å². The normalized spacial score (nSPS) is 12.8. The zero-order chi connectivity index (χ0) is 14.5. The second-order valence-electron chi connectivity index (χ2n) is 5.66. The van der Waals surface area contributed by atoms with E-state index in [9.17, 15) is 9.59 Å². The van der Waals surface area contributed by atoms with E-state index in [0.717, 1.165) is 0 Å². The lowest BCUT2D eigenvalue weighted by Gasteiger charge is -2.28. The van der Waals surface area contributed by atoms with Gasteiger partial charge in [-0.25, -0.2) is 0 Å². The molecule has 0 aliphatic rings. The molecule has 3 heteroatoms. The van der Waals surface area contributed by atoms with E-state index >= 15 is 0 Å². The van der Waals surface area contributed by atoms with E-state index in [-0.39, 0.29) is 29.5 Å². The summed E-state index contributed by atoms with van der Waals surface area (Å²) in [6.07, 6.45) is 0.130. The predicted octanol–water partition coefficient (Wildman–Crippen LogP) is 3.48. The maximum Gasteiger partial charge on any atom is 0.306 e. The van der Waals surface area contributed by atoms with Crippen molar-refractivity contribution in [3.05, 3.63) is 35.9 Å². The van der Waals surface area contributed by atoms with Gasteiger partial charge in [-0.2, -0.15) is 0 Å². The molecule has 0 saturated carbocycles. The van der Waals surface area contributed by atoms with Crippen molar-refractivity contribution >= 4 is 11.8 Å². The first-order chi connectivity index (χ1) is 8.86. The van der Waals surface area contributed by atoms with Crippen LogP contribution in [0.15, 0.2) is 30.3 Å². The van der Waals surface area contributed by atoms with Gasteiger partial charge in [0, 0.05) is 11.5 Å². The van der Waals surface area contributed by atoms with E-state index in [1.54, 1.807) is 19.1 Å². The Hall–Kier alpha value is -1.64. The number of ether oxygens (including phenoxy) is 1. The molecular formula is C16H22O3. The number of ketones is 1. The van der Waals surface area contributed by atoms with Crippen LogP contribution in [0.4, 0.5) is 0 Å². The number of hydrogen-bond acceptors (Lipinski definition) is 3. The number of carbonyl (C=O) groups is 2. The Kier molecular flexibility index (Phi) is 5.28. The van der Waals surface area contributed by atoms with Crippen molar-refractivity contribution in [2.24, 2.45) is 11.3 Å². The zero-order valence-electron chi connectivity index (χ0n) is 12.1. The third-order valence-electron chi connectivity index (χ3n) is 3.10. The van der Waals surface area contributed by atoms with Gasteiger partial charge in [0.2, 0.25) is 0 Å². The maximum absolute atomic E-state index is 12.5. The topological polar surface area (TPSA) is 43.4 Å². The van der Waals surface area contributed by atoms with Gasteiger partial charge in [-0.05, 0) is 12.3 Å². The van der Waals surface area contributed by atoms with Gasteiger partial charge in [0.1, 0.15) is 0 Å². The first-order valence-electron chi connectivity index (χ1n) is 6.61. The largest absolute Gasteiger partial charge is 0.466 e. The molecule has 0 saturated heterocycles. The fraction of sp³-hybridized carbons (Fsp3) is 0.500. The van der Waals surface area contributed by atoms with E-state index in [1.807, 2.05) is 39.0 Å². The van der Waals surface area contributed by atoms with E-state index in [1.165, 1.54) is 0 Å². The molecule has 0 N–H and O–H groups in total. The zero-order valence-corrected chi connectivity index (χ0v) is 12.1. The fourth-order valence-electron chi connectivity index (χ4n) is 1.98. The van der Waals surface area contributed by atoms with Crippen molar-refractivity contribution in [3.8, 4) is 0 Å². The molecular weight excluding hydrogens is 240 g/mol. The second-order valence-corrected chi connectivity index (χ2v) is 5.66. The third kappa shape index (κ3) is 4.51. The first kappa shape index (κ1) is 15.4. The summed E-state index contributed by atoms with van der Waals surface area (Å²) >= 11 is 0. The molecule has 0 fully saturated rings. The van der Waals surface area contributed by atoms with Crippen LogP contribution in [0.1, 0.15) is 44.5 Å². The Morgan fingerprint density at radius 3 is 2.21 bits per heavy atom. The van der Waals surface area contributed by atoms with Crippen molar-refractivity contribution in [1.82, 2.24) is 0 Å². The van der Waals surface area contributed by atoms with Crippen LogP contribution in [0.2, 0.25) is 0 Å². The highest BCUT2D eigenvalue weighted by molar-refractivity contribution is 5.99. The molecule has 0 aliphatic carbocycles. The monoisotopic (exact) mass is 262 g/mol.